The van der Waals surface area contributed by atoms with Gasteiger partial charge in [0.15, 0.2) is 0 Å². The van der Waals surface area contributed by atoms with Gasteiger partial charge in [0.1, 0.15) is 29.6 Å². The summed E-state index contributed by atoms with van der Waals surface area (Å²) in [5.41, 5.74) is 1.12. The van der Waals surface area contributed by atoms with E-state index in [1.807, 2.05) is 0 Å². The summed E-state index contributed by atoms with van der Waals surface area (Å²) >= 11 is 5.80. The molecular formula is C22H23B5ClF2N3O4. The Labute approximate surface area is 222 Å². The Balaban J connectivity index is 1.59. The number of carbonyl (C=O) groups excluding carboxylic acids is 4. The van der Waals surface area contributed by atoms with Crippen LogP contribution in [0.2, 0.25) is 10.8 Å². The molecule has 1 saturated heterocycles. The minimum absolute atomic E-state index is 0.141. The lowest BCUT2D eigenvalue weighted by Gasteiger charge is -2.39. The number of piperidine rings is 1. The fourth-order valence-electron chi connectivity index (χ4n) is 4.88. The molecule has 2 heterocycles. The van der Waals surface area contributed by atoms with Gasteiger partial charge >= 0.3 is 5.92 Å². The van der Waals surface area contributed by atoms with E-state index in [9.17, 15) is 19.2 Å². The number of benzene rings is 2. The lowest BCUT2D eigenvalue weighted by Crippen LogP contribution is -2.55. The van der Waals surface area contributed by atoms with Crippen molar-refractivity contribution in [3.05, 3.63) is 69.7 Å². The maximum absolute atomic E-state index is 15.1. The number of nitrogens with zero attached hydrogens (tertiary/aromatic N) is 3. The lowest BCUT2D eigenvalue weighted by molar-refractivity contribution is -0.155. The van der Waals surface area contributed by atoms with Crippen LogP contribution in [-0.4, -0.2) is 83.7 Å². The van der Waals surface area contributed by atoms with E-state index in [0.717, 1.165) is 21.8 Å². The number of hydrogen-bond donors (Lipinski definition) is 0. The van der Waals surface area contributed by atoms with Crippen LogP contribution in [0, 0.1) is 0 Å². The van der Waals surface area contributed by atoms with Crippen molar-refractivity contribution in [3.8, 4) is 0 Å². The maximum Gasteiger partial charge on any atom is 0.348 e. The molecule has 0 spiro atoms. The lowest BCUT2D eigenvalue weighted by atomic mass is 9.55. The van der Waals surface area contributed by atoms with E-state index < -0.39 is 40.5 Å². The smallest absolute Gasteiger partial charge is 0.348 e. The quantitative estimate of drug-likeness (QED) is 0.336. The third kappa shape index (κ3) is 4.49. The summed E-state index contributed by atoms with van der Waals surface area (Å²) in [4.78, 5) is 54.5. The molecule has 1 fully saturated rings. The molecule has 4 amide bonds. The van der Waals surface area contributed by atoms with E-state index >= 15 is 8.78 Å². The number of amides is 4. The van der Waals surface area contributed by atoms with Crippen molar-refractivity contribution >= 4 is 74.7 Å². The zero-order valence-corrected chi connectivity index (χ0v) is 22.0. The number of carbonyl (C=O) groups is 4. The topological polar surface area (TPSA) is 78.0 Å². The van der Waals surface area contributed by atoms with Crippen molar-refractivity contribution in [2.24, 2.45) is 0 Å². The van der Waals surface area contributed by atoms with Crippen LogP contribution >= 0.6 is 11.6 Å². The van der Waals surface area contributed by atoms with Crippen LogP contribution in [0.5, 0.6) is 0 Å². The van der Waals surface area contributed by atoms with E-state index in [1.165, 1.54) is 33.0 Å². The number of hydrogen-bond acceptors (Lipinski definition) is 4. The van der Waals surface area contributed by atoms with Crippen molar-refractivity contribution in [1.29, 1.82) is 0 Å². The van der Waals surface area contributed by atoms with Crippen LogP contribution in [0.25, 0.3) is 0 Å². The maximum atomic E-state index is 15.1. The molecule has 2 aliphatic rings. The standard InChI is InChI=1S/C22H23B5ClF2N3O4/c23-15-8-16(19(36)32(26)18(15)35)31-9-10-7-12(3-6-14(10)17(31)34)22(24,25)33(27)20(37)21(29,30)11-1-4-13(28)5-2-11/h1-7,15-16H,8-9,23-27H2. The Morgan fingerprint density at radius 2 is 1.62 bits per heavy atom. The number of imide groups is 1. The highest BCUT2D eigenvalue weighted by Gasteiger charge is 2.47. The Bertz CT molecular complexity index is 1310. The molecule has 2 aliphatic heterocycles. The summed E-state index contributed by atoms with van der Waals surface area (Å²) in [6.45, 7) is 0.141. The summed E-state index contributed by atoms with van der Waals surface area (Å²) in [5, 5.41) is -0.870. The highest BCUT2D eigenvalue weighted by molar-refractivity contribution is 6.43. The summed E-state index contributed by atoms with van der Waals surface area (Å²) in [5.74, 6) is -6.60. The molecule has 2 atom stereocenters. The molecule has 2 aromatic carbocycles. The largest absolute Gasteiger partial charge is 0.393 e. The molecule has 0 aromatic heterocycles. The minimum Gasteiger partial charge on any atom is -0.393 e. The van der Waals surface area contributed by atoms with Crippen LogP contribution in [0.1, 0.15) is 33.5 Å². The second-order valence-corrected chi connectivity index (χ2v) is 10.6. The number of halogens is 3. The number of alkyl halides is 2. The van der Waals surface area contributed by atoms with Crippen LogP contribution in [-0.2, 0) is 32.2 Å². The van der Waals surface area contributed by atoms with E-state index in [-0.39, 0.29) is 29.8 Å². The van der Waals surface area contributed by atoms with Crippen molar-refractivity contribution in [1.82, 2.24) is 14.5 Å². The number of rotatable bonds is 5. The van der Waals surface area contributed by atoms with Crippen LogP contribution in [0.15, 0.2) is 42.5 Å². The Morgan fingerprint density at radius 3 is 2.24 bits per heavy atom. The molecule has 0 radical (unpaired) electrons. The van der Waals surface area contributed by atoms with Gasteiger partial charge in [-0.2, -0.15) is 8.78 Å². The first-order valence-corrected chi connectivity index (χ1v) is 12.2. The third-order valence-corrected chi connectivity index (χ3v) is 7.83. The van der Waals surface area contributed by atoms with Gasteiger partial charge in [0.05, 0.1) is 0 Å². The zero-order chi connectivity index (χ0) is 27.4. The summed E-state index contributed by atoms with van der Waals surface area (Å²) < 4.78 is 30.2. The van der Waals surface area contributed by atoms with Gasteiger partial charge in [-0.1, -0.05) is 35.9 Å². The van der Waals surface area contributed by atoms with Gasteiger partial charge in [-0.05, 0) is 41.1 Å². The molecule has 0 bridgehead atoms. The van der Waals surface area contributed by atoms with E-state index in [4.69, 9.17) is 11.6 Å². The molecule has 7 nitrogen and oxygen atoms in total. The van der Waals surface area contributed by atoms with Crippen molar-refractivity contribution in [2.75, 3.05) is 0 Å². The van der Waals surface area contributed by atoms with Gasteiger partial charge in [-0.15, -0.1) is 0 Å². The van der Waals surface area contributed by atoms with Crippen LogP contribution in [0.4, 0.5) is 8.78 Å². The fourth-order valence-corrected chi connectivity index (χ4v) is 5.00. The van der Waals surface area contributed by atoms with Gasteiger partial charge in [0, 0.05) is 28.5 Å². The Kier molecular flexibility index (Phi) is 6.86. The molecule has 2 aromatic rings. The van der Waals surface area contributed by atoms with Gasteiger partial charge in [0.2, 0.25) is 27.8 Å². The molecule has 0 N–H and O–H groups in total. The number of fused-ring (bicyclic) bond motifs is 1. The second kappa shape index (κ2) is 9.38. The summed E-state index contributed by atoms with van der Waals surface area (Å²) in [6, 6.07) is 9.02. The Morgan fingerprint density at radius 1 is 1.03 bits per heavy atom. The molecule has 186 valence electrons. The first-order valence-electron chi connectivity index (χ1n) is 11.9. The second-order valence-electron chi connectivity index (χ2n) is 10.2. The average molecular weight is 521 g/mol. The van der Waals surface area contributed by atoms with Crippen molar-refractivity contribution in [2.45, 2.75) is 36.1 Å². The summed E-state index contributed by atoms with van der Waals surface area (Å²) in [7, 11) is 7.73. The van der Waals surface area contributed by atoms with E-state index in [2.05, 4.69) is 0 Å². The SMILES string of the molecule is BC1CC(N2Cc3cc(C(B)(B)N(B)C(=O)C(F)(F)c4ccc(Cl)cc4)ccc3C2=O)C(=O)N(B)C1=O. The van der Waals surface area contributed by atoms with Crippen molar-refractivity contribution < 1.29 is 28.0 Å². The molecular weight excluding hydrogens is 498 g/mol. The minimum atomic E-state index is -3.78. The molecule has 15 heteroatoms. The predicted octanol–water partition coefficient (Wildman–Crippen LogP) is -2.06. The highest BCUT2D eigenvalue weighted by atomic mass is 35.5. The normalized spacial score (nSPS) is 20.2. The van der Waals surface area contributed by atoms with Gasteiger partial charge in [-0.3, -0.25) is 19.2 Å². The van der Waals surface area contributed by atoms with Crippen molar-refractivity contribution in [3.63, 3.8) is 0 Å². The monoisotopic (exact) mass is 521 g/mol. The average Bonchev–Trinajstić information content (AvgIpc) is 3.19. The van der Waals surface area contributed by atoms with Gasteiger partial charge in [0.25, 0.3) is 11.8 Å². The van der Waals surface area contributed by atoms with E-state index in [1.54, 1.807) is 41.7 Å². The highest BCUT2D eigenvalue weighted by Crippen LogP contribution is 2.36. The fraction of sp³-hybridized carbons (Fsp3) is 0.273. The summed E-state index contributed by atoms with van der Waals surface area (Å²) in [6.07, 6.45) is 0.233. The predicted molar refractivity (Wildman–Crippen MR) is 147 cm³/mol. The molecule has 0 aliphatic carbocycles. The molecule has 37 heavy (non-hydrogen) atoms. The first-order chi connectivity index (χ1) is 17.2. The molecule has 4 rings (SSSR count). The van der Waals surface area contributed by atoms with Crippen LogP contribution < -0.4 is 0 Å². The Hall–Kier alpha value is -3.01. The first kappa shape index (κ1) is 27.0. The van der Waals surface area contributed by atoms with Gasteiger partial charge in [-0.25, -0.2) is 0 Å². The zero-order valence-electron chi connectivity index (χ0n) is 21.2. The van der Waals surface area contributed by atoms with Gasteiger partial charge < -0.3 is 14.5 Å². The van der Waals surface area contributed by atoms with Crippen LogP contribution in [0.3, 0.4) is 0 Å². The van der Waals surface area contributed by atoms with E-state index in [0.29, 0.717) is 16.7 Å². The molecule has 2 unspecified atom stereocenters. The molecule has 0 saturated carbocycles. The third-order valence-electron chi connectivity index (χ3n) is 7.58.